The van der Waals surface area contributed by atoms with Gasteiger partial charge in [0.1, 0.15) is 22.3 Å². The first-order valence-corrected chi connectivity index (χ1v) is 12.4. The van der Waals surface area contributed by atoms with Crippen LogP contribution < -0.4 is 20.5 Å². The Kier molecular flexibility index (Phi) is 8.46. The van der Waals surface area contributed by atoms with Crippen LogP contribution in [0.15, 0.2) is 75.0 Å². The summed E-state index contributed by atoms with van der Waals surface area (Å²) in [5.74, 6) is 0.845. The molecule has 0 saturated heterocycles. The Morgan fingerprint density at radius 1 is 1.06 bits per heavy atom. The number of fused-ring (bicyclic) bond motifs is 2. The molecule has 0 aliphatic heterocycles. The lowest BCUT2D eigenvalue weighted by molar-refractivity contribution is -0.123. The number of benzene rings is 3. The Morgan fingerprint density at radius 2 is 1.78 bits per heavy atom. The van der Waals surface area contributed by atoms with Crippen LogP contribution in [0.3, 0.4) is 0 Å². The third kappa shape index (κ3) is 5.98. The Labute approximate surface area is 218 Å². The monoisotopic (exact) mass is 525 g/mol. The first-order chi connectivity index (χ1) is 17.5. The first kappa shape index (κ1) is 25.5. The van der Waals surface area contributed by atoms with Gasteiger partial charge in [-0.05, 0) is 54.4 Å². The maximum atomic E-state index is 13.1. The van der Waals surface area contributed by atoms with E-state index in [2.05, 4.69) is 15.4 Å². The van der Waals surface area contributed by atoms with Gasteiger partial charge in [0.2, 0.25) is 5.43 Å². The van der Waals surface area contributed by atoms with E-state index in [0.717, 1.165) is 16.8 Å². The Hall–Kier alpha value is -3.55. The number of nitrogens with one attached hydrogen (secondary N) is 1. The number of aryl methyl sites for hydroxylation is 1. The summed E-state index contributed by atoms with van der Waals surface area (Å²) in [5.41, 5.74) is 5.80. The van der Waals surface area contributed by atoms with E-state index in [0.29, 0.717) is 46.8 Å². The van der Waals surface area contributed by atoms with Gasteiger partial charge in [0.05, 0.1) is 11.6 Å². The molecular formula is C27H25Cl2N3O4. The molecule has 7 nitrogen and oxygen atoms in total. The van der Waals surface area contributed by atoms with E-state index >= 15 is 0 Å². The molecule has 9 heteroatoms. The Morgan fingerprint density at radius 3 is 2.50 bits per heavy atom. The van der Waals surface area contributed by atoms with Crippen LogP contribution in [0.1, 0.15) is 11.1 Å². The molecule has 0 fully saturated rings. The molecule has 1 aromatic heterocycles. The SMILES string of the molecule is Cc1cc(OCC(=O)N/N=C/c2ccc(N(CCCl)CCCl)cc2)c2c(=O)c3ccccc3oc2c1. The molecule has 0 saturated carbocycles. The third-order valence-electron chi connectivity index (χ3n) is 5.52. The fourth-order valence-electron chi connectivity index (χ4n) is 3.84. The maximum absolute atomic E-state index is 13.1. The first-order valence-electron chi connectivity index (χ1n) is 11.4. The number of hydrogen-bond acceptors (Lipinski definition) is 6. The molecule has 4 aromatic rings. The highest BCUT2D eigenvalue weighted by Crippen LogP contribution is 2.28. The summed E-state index contributed by atoms with van der Waals surface area (Å²) in [7, 11) is 0. The lowest BCUT2D eigenvalue weighted by Gasteiger charge is -2.22. The molecule has 0 unspecified atom stereocenters. The number of halogens is 2. The molecule has 186 valence electrons. The molecular weight excluding hydrogens is 501 g/mol. The predicted octanol–water partition coefficient (Wildman–Crippen LogP) is 5.07. The number of carbonyl (C=O) groups excluding carboxylic acids is 1. The number of ether oxygens (including phenoxy) is 1. The van der Waals surface area contributed by atoms with Crippen LogP contribution in [-0.4, -0.2) is 43.6 Å². The number of anilines is 1. The van der Waals surface area contributed by atoms with Gasteiger partial charge in [-0.3, -0.25) is 9.59 Å². The highest BCUT2D eigenvalue weighted by atomic mass is 35.5. The van der Waals surface area contributed by atoms with Gasteiger partial charge in [0.15, 0.2) is 6.61 Å². The van der Waals surface area contributed by atoms with Crippen LogP contribution in [0, 0.1) is 6.92 Å². The number of amides is 1. The molecule has 0 bridgehead atoms. The number of hydrogen-bond donors (Lipinski definition) is 1. The smallest absolute Gasteiger partial charge is 0.277 e. The van der Waals surface area contributed by atoms with Gasteiger partial charge in [-0.1, -0.05) is 24.3 Å². The second-order valence-electron chi connectivity index (χ2n) is 8.10. The van der Waals surface area contributed by atoms with Gasteiger partial charge in [0.25, 0.3) is 5.91 Å². The average molecular weight is 526 g/mol. The minimum absolute atomic E-state index is 0.209. The minimum Gasteiger partial charge on any atom is -0.483 e. The second-order valence-corrected chi connectivity index (χ2v) is 8.86. The van der Waals surface area contributed by atoms with Gasteiger partial charge >= 0.3 is 0 Å². The van der Waals surface area contributed by atoms with E-state index in [1.807, 2.05) is 31.2 Å². The molecule has 0 spiro atoms. The molecule has 0 aliphatic carbocycles. The van der Waals surface area contributed by atoms with Crippen molar-refractivity contribution in [1.82, 2.24) is 5.43 Å². The zero-order chi connectivity index (χ0) is 25.5. The Bertz CT molecular complexity index is 1450. The van der Waals surface area contributed by atoms with E-state index in [4.69, 9.17) is 32.4 Å². The molecule has 4 rings (SSSR count). The zero-order valence-corrected chi connectivity index (χ0v) is 21.2. The zero-order valence-electron chi connectivity index (χ0n) is 19.7. The van der Waals surface area contributed by atoms with Crippen LogP contribution >= 0.6 is 23.2 Å². The standard InChI is InChI=1S/C27H25Cl2N3O4/c1-18-14-23(26-24(15-18)36-22-5-3-2-4-21(22)27(26)34)35-17-25(33)31-30-16-19-6-8-20(9-7-19)32(12-10-28)13-11-29/h2-9,14-16H,10-13,17H2,1H3,(H,31,33)/b30-16+. The number of rotatable bonds is 10. The van der Waals surface area contributed by atoms with E-state index in [9.17, 15) is 9.59 Å². The van der Waals surface area contributed by atoms with Crippen LogP contribution in [0.2, 0.25) is 0 Å². The fourth-order valence-corrected chi connectivity index (χ4v) is 4.24. The van der Waals surface area contributed by atoms with Crippen molar-refractivity contribution < 1.29 is 13.9 Å². The van der Waals surface area contributed by atoms with Crippen molar-refractivity contribution in [3.8, 4) is 5.75 Å². The van der Waals surface area contributed by atoms with Crippen molar-refractivity contribution in [2.24, 2.45) is 5.10 Å². The van der Waals surface area contributed by atoms with E-state index < -0.39 is 5.91 Å². The van der Waals surface area contributed by atoms with Gasteiger partial charge in [-0.2, -0.15) is 5.10 Å². The highest BCUT2D eigenvalue weighted by Gasteiger charge is 2.14. The normalized spacial score (nSPS) is 11.3. The topological polar surface area (TPSA) is 84.1 Å². The minimum atomic E-state index is -0.460. The lowest BCUT2D eigenvalue weighted by atomic mass is 10.1. The van der Waals surface area contributed by atoms with Crippen molar-refractivity contribution in [2.45, 2.75) is 6.92 Å². The quantitative estimate of drug-likeness (QED) is 0.135. The molecule has 1 heterocycles. The molecule has 0 radical (unpaired) electrons. The lowest BCUT2D eigenvalue weighted by Crippen LogP contribution is -2.27. The number of para-hydroxylation sites is 1. The molecule has 1 amide bonds. The predicted molar refractivity (Wildman–Crippen MR) is 146 cm³/mol. The summed E-state index contributed by atoms with van der Waals surface area (Å²) in [4.78, 5) is 27.5. The van der Waals surface area contributed by atoms with Crippen molar-refractivity contribution in [2.75, 3.05) is 36.4 Å². The average Bonchev–Trinajstić information content (AvgIpc) is 2.87. The van der Waals surface area contributed by atoms with Crippen LogP contribution in [0.5, 0.6) is 5.75 Å². The van der Waals surface area contributed by atoms with Gasteiger partial charge in [-0.25, -0.2) is 5.43 Å². The van der Waals surface area contributed by atoms with E-state index in [1.54, 1.807) is 36.4 Å². The van der Waals surface area contributed by atoms with Crippen LogP contribution in [0.4, 0.5) is 5.69 Å². The third-order valence-corrected chi connectivity index (χ3v) is 5.86. The molecule has 3 aromatic carbocycles. The van der Waals surface area contributed by atoms with E-state index in [1.165, 1.54) is 6.21 Å². The summed E-state index contributed by atoms with van der Waals surface area (Å²) in [6, 6.07) is 18.2. The van der Waals surface area contributed by atoms with Crippen molar-refractivity contribution in [3.63, 3.8) is 0 Å². The number of alkyl halides is 2. The molecule has 0 atom stereocenters. The molecule has 36 heavy (non-hydrogen) atoms. The summed E-state index contributed by atoms with van der Waals surface area (Å²) in [6.07, 6.45) is 1.54. The summed E-state index contributed by atoms with van der Waals surface area (Å²) < 4.78 is 11.6. The number of hydrazone groups is 1. The fraction of sp³-hybridized carbons (Fsp3) is 0.222. The van der Waals surface area contributed by atoms with Crippen molar-refractivity contribution >= 4 is 62.9 Å². The second kappa shape index (κ2) is 11.9. The van der Waals surface area contributed by atoms with Crippen molar-refractivity contribution in [3.05, 3.63) is 82.0 Å². The molecule has 1 N–H and O–H groups in total. The Balaban J connectivity index is 1.41. The van der Waals surface area contributed by atoms with Gasteiger partial charge in [-0.15, -0.1) is 23.2 Å². The number of nitrogens with zero attached hydrogens (tertiary/aromatic N) is 2. The summed E-state index contributed by atoms with van der Waals surface area (Å²) in [6.45, 7) is 2.95. The van der Waals surface area contributed by atoms with Gasteiger partial charge in [0, 0.05) is 30.5 Å². The summed E-state index contributed by atoms with van der Waals surface area (Å²) in [5, 5.41) is 4.75. The molecule has 0 aliphatic rings. The van der Waals surface area contributed by atoms with Crippen LogP contribution in [0.25, 0.3) is 21.9 Å². The summed E-state index contributed by atoms with van der Waals surface area (Å²) >= 11 is 11.7. The highest BCUT2D eigenvalue weighted by molar-refractivity contribution is 6.18. The maximum Gasteiger partial charge on any atom is 0.277 e. The van der Waals surface area contributed by atoms with E-state index in [-0.39, 0.29) is 17.8 Å². The van der Waals surface area contributed by atoms with Crippen LogP contribution in [-0.2, 0) is 4.79 Å². The number of carbonyl (C=O) groups is 1. The van der Waals surface area contributed by atoms with Gasteiger partial charge < -0.3 is 14.1 Å². The largest absolute Gasteiger partial charge is 0.483 e. The van der Waals surface area contributed by atoms with Crippen molar-refractivity contribution in [1.29, 1.82) is 0 Å².